The number of quaternary nitrogens is 1. The second kappa shape index (κ2) is 8.11. The van der Waals surface area contributed by atoms with E-state index in [1.54, 1.807) is 6.92 Å². The van der Waals surface area contributed by atoms with E-state index in [1.165, 1.54) is 11.3 Å². The molecular formula is C21H28NO2+. The Morgan fingerprint density at radius 2 is 1.62 bits per heavy atom. The second-order valence-corrected chi connectivity index (χ2v) is 6.69. The maximum absolute atomic E-state index is 11.4. The molecule has 0 radical (unpaired) electrons. The SMILES string of the molecule is CCOc1ccc(CCC[N+](C)(C)c2ccc(C(C)=O)cc2)cc1. The Balaban J connectivity index is 1.90. The van der Waals surface area contributed by atoms with Crippen LogP contribution >= 0.6 is 0 Å². The summed E-state index contributed by atoms with van der Waals surface area (Å²) >= 11 is 0. The molecule has 0 spiro atoms. The average molecular weight is 326 g/mol. The summed E-state index contributed by atoms with van der Waals surface area (Å²) < 4.78 is 6.29. The average Bonchev–Trinajstić information content (AvgIpc) is 2.57. The Bertz CT molecular complexity index is 657. The maximum Gasteiger partial charge on any atom is 0.159 e. The first kappa shape index (κ1) is 18.2. The van der Waals surface area contributed by atoms with Gasteiger partial charge in [0.15, 0.2) is 5.78 Å². The van der Waals surface area contributed by atoms with Gasteiger partial charge in [-0.3, -0.25) is 9.28 Å². The van der Waals surface area contributed by atoms with Gasteiger partial charge < -0.3 is 4.74 Å². The van der Waals surface area contributed by atoms with E-state index in [-0.39, 0.29) is 5.78 Å². The minimum Gasteiger partial charge on any atom is -0.494 e. The fraction of sp³-hybridized carbons (Fsp3) is 0.381. The van der Waals surface area contributed by atoms with Crippen LogP contribution in [0.3, 0.4) is 0 Å². The van der Waals surface area contributed by atoms with Gasteiger partial charge in [0.25, 0.3) is 0 Å². The second-order valence-electron chi connectivity index (χ2n) is 6.69. The van der Waals surface area contributed by atoms with Crippen LogP contribution in [0.4, 0.5) is 5.69 Å². The summed E-state index contributed by atoms with van der Waals surface area (Å²) in [5, 5.41) is 0. The van der Waals surface area contributed by atoms with Gasteiger partial charge in [0.1, 0.15) is 11.4 Å². The Hall–Kier alpha value is -2.13. The summed E-state index contributed by atoms with van der Waals surface area (Å²) in [6, 6.07) is 16.3. The van der Waals surface area contributed by atoms with Crippen LogP contribution in [-0.2, 0) is 6.42 Å². The molecule has 0 saturated carbocycles. The predicted octanol–water partition coefficient (Wildman–Crippen LogP) is 4.49. The third-order valence-electron chi connectivity index (χ3n) is 4.39. The van der Waals surface area contributed by atoms with E-state index in [0.717, 1.165) is 35.2 Å². The first-order valence-corrected chi connectivity index (χ1v) is 8.58. The zero-order valence-corrected chi connectivity index (χ0v) is 15.2. The van der Waals surface area contributed by atoms with Gasteiger partial charge in [0.05, 0.1) is 27.2 Å². The first-order chi connectivity index (χ1) is 11.4. The molecule has 128 valence electrons. The van der Waals surface area contributed by atoms with Crippen LogP contribution in [-0.4, -0.2) is 33.0 Å². The number of hydrogen-bond donors (Lipinski definition) is 0. The van der Waals surface area contributed by atoms with E-state index in [2.05, 4.69) is 38.4 Å². The van der Waals surface area contributed by atoms with Crippen LogP contribution in [0.1, 0.15) is 36.2 Å². The van der Waals surface area contributed by atoms with Crippen molar-refractivity contribution in [3.8, 4) is 5.75 Å². The van der Waals surface area contributed by atoms with Gasteiger partial charge in [-0.25, -0.2) is 0 Å². The van der Waals surface area contributed by atoms with Gasteiger partial charge >= 0.3 is 0 Å². The summed E-state index contributed by atoms with van der Waals surface area (Å²) in [7, 11) is 4.42. The van der Waals surface area contributed by atoms with E-state index in [0.29, 0.717) is 6.61 Å². The highest BCUT2D eigenvalue weighted by molar-refractivity contribution is 5.94. The number of ether oxygens (including phenoxy) is 1. The zero-order valence-electron chi connectivity index (χ0n) is 15.2. The van der Waals surface area contributed by atoms with E-state index >= 15 is 0 Å². The molecule has 0 aromatic heterocycles. The van der Waals surface area contributed by atoms with Crippen LogP contribution in [0, 0.1) is 0 Å². The van der Waals surface area contributed by atoms with E-state index in [1.807, 2.05) is 31.2 Å². The maximum atomic E-state index is 11.4. The quantitative estimate of drug-likeness (QED) is 0.528. The van der Waals surface area contributed by atoms with Crippen LogP contribution in [0.5, 0.6) is 5.75 Å². The number of aryl methyl sites for hydroxylation is 1. The third-order valence-corrected chi connectivity index (χ3v) is 4.39. The fourth-order valence-electron chi connectivity index (χ4n) is 2.83. The topological polar surface area (TPSA) is 26.3 Å². The Morgan fingerprint density at radius 3 is 2.17 bits per heavy atom. The summed E-state index contributed by atoms with van der Waals surface area (Å²) in [6.07, 6.45) is 2.16. The smallest absolute Gasteiger partial charge is 0.159 e. The highest BCUT2D eigenvalue weighted by atomic mass is 16.5. The molecule has 0 saturated heterocycles. The molecule has 2 rings (SSSR count). The predicted molar refractivity (Wildman–Crippen MR) is 101 cm³/mol. The van der Waals surface area contributed by atoms with Crippen molar-refractivity contribution >= 4 is 11.5 Å². The van der Waals surface area contributed by atoms with Crippen LogP contribution in [0.15, 0.2) is 48.5 Å². The number of hydrogen-bond acceptors (Lipinski definition) is 2. The highest BCUT2D eigenvalue weighted by Crippen LogP contribution is 2.21. The number of Topliss-reactive ketones (excluding diaryl/α,β-unsaturated/α-hetero) is 1. The van der Waals surface area contributed by atoms with Gasteiger partial charge in [0.2, 0.25) is 0 Å². The van der Waals surface area contributed by atoms with Gasteiger partial charge in [-0.1, -0.05) is 12.1 Å². The molecule has 0 atom stereocenters. The third kappa shape index (κ3) is 4.93. The summed E-state index contributed by atoms with van der Waals surface area (Å²) in [4.78, 5) is 11.4. The number of benzene rings is 2. The molecule has 0 aliphatic rings. The van der Waals surface area contributed by atoms with Gasteiger partial charge in [0, 0.05) is 12.0 Å². The molecule has 2 aromatic carbocycles. The van der Waals surface area contributed by atoms with Crippen molar-refractivity contribution in [2.75, 3.05) is 27.2 Å². The van der Waals surface area contributed by atoms with E-state index in [9.17, 15) is 4.79 Å². The van der Waals surface area contributed by atoms with Crippen molar-refractivity contribution in [1.29, 1.82) is 0 Å². The number of ketones is 1. The Labute approximate surface area is 145 Å². The largest absolute Gasteiger partial charge is 0.494 e. The Kier molecular flexibility index (Phi) is 6.16. The normalized spacial score (nSPS) is 11.3. The van der Waals surface area contributed by atoms with Gasteiger partial charge in [-0.05, 0) is 62.2 Å². The molecule has 0 N–H and O–H groups in total. The molecule has 2 aromatic rings. The lowest BCUT2D eigenvalue weighted by molar-refractivity contribution is 0.101. The molecule has 24 heavy (non-hydrogen) atoms. The molecular weight excluding hydrogens is 298 g/mol. The lowest BCUT2D eigenvalue weighted by Crippen LogP contribution is -2.41. The van der Waals surface area contributed by atoms with Crippen LogP contribution < -0.4 is 9.22 Å². The zero-order chi connectivity index (χ0) is 17.6. The summed E-state index contributed by atoms with van der Waals surface area (Å²) in [6.45, 7) is 5.35. The summed E-state index contributed by atoms with van der Waals surface area (Å²) in [5.74, 6) is 1.05. The first-order valence-electron chi connectivity index (χ1n) is 8.58. The van der Waals surface area contributed by atoms with Crippen molar-refractivity contribution in [2.45, 2.75) is 26.7 Å². The van der Waals surface area contributed by atoms with Crippen molar-refractivity contribution in [1.82, 2.24) is 4.48 Å². The van der Waals surface area contributed by atoms with Crippen LogP contribution in [0.25, 0.3) is 0 Å². The van der Waals surface area contributed by atoms with E-state index < -0.39 is 0 Å². The minimum atomic E-state index is 0.113. The summed E-state index contributed by atoms with van der Waals surface area (Å²) in [5.41, 5.74) is 3.34. The van der Waals surface area contributed by atoms with Gasteiger partial charge in [-0.15, -0.1) is 0 Å². The van der Waals surface area contributed by atoms with Crippen molar-refractivity contribution in [2.24, 2.45) is 0 Å². The lowest BCUT2D eigenvalue weighted by Gasteiger charge is -2.29. The molecule has 0 heterocycles. The number of carbonyl (C=O) groups is 1. The van der Waals surface area contributed by atoms with Crippen LogP contribution in [0.2, 0.25) is 0 Å². The standard InChI is InChI=1S/C21H28NO2/c1-5-24-21-14-8-18(9-15-21)7-6-16-22(3,4)20-12-10-19(11-13-20)17(2)23/h8-15H,5-7,16H2,1-4H3/q+1. The molecule has 0 aliphatic heterocycles. The van der Waals surface area contributed by atoms with Gasteiger partial charge in [-0.2, -0.15) is 0 Å². The molecule has 0 fully saturated rings. The molecule has 0 unspecified atom stereocenters. The number of nitrogens with zero attached hydrogens (tertiary/aromatic N) is 1. The van der Waals surface area contributed by atoms with Crippen molar-refractivity contribution in [3.63, 3.8) is 0 Å². The Morgan fingerprint density at radius 1 is 1.00 bits per heavy atom. The fourth-order valence-corrected chi connectivity index (χ4v) is 2.83. The van der Waals surface area contributed by atoms with E-state index in [4.69, 9.17) is 4.74 Å². The molecule has 0 amide bonds. The highest BCUT2D eigenvalue weighted by Gasteiger charge is 2.18. The monoisotopic (exact) mass is 326 g/mol. The molecule has 3 nitrogen and oxygen atoms in total. The van der Waals surface area contributed by atoms with Crippen molar-refractivity contribution < 1.29 is 9.53 Å². The number of rotatable bonds is 8. The molecule has 3 heteroatoms. The molecule has 0 bridgehead atoms. The number of carbonyl (C=O) groups excluding carboxylic acids is 1. The van der Waals surface area contributed by atoms with Crippen molar-refractivity contribution in [3.05, 3.63) is 59.7 Å². The minimum absolute atomic E-state index is 0.113. The molecule has 0 aliphatic carbocycles. The lowest BCUT2D eigenvalue weighted by atomic mass is 10.1.